The van der Waals surface area contributed by atoms with Crippen LogP contribution in [0.2, 0.25) is 10.0 Å². The van der Waals surface area contributed by atoms with Gasteiger partial charge in [-0.3, -0.25) is 9.59 Å². The Balaban J connectivity index is 1.98. The van der Waals surface area contributed by atoms with Crippen molar-refractivity contribution in [2.75, 3.05) is 6.54 Å². The number of benzene rings is 3. The maximum Gasteiger partial charge on any atom is 0.243 e. The van der Waals surface area contributed by atoms with Gasteiger partial charge in [0.15, 0.2) is 0 Å². The van der Waals surface area contributed by atoms with Crippen molar-refractivity contribution in [3.63, 3.8) is 0 Å². The van der Waals surface area contributed by atoms with E-state index in [-0.39, 0.29) is 30.7 Å². The summed E-state index contributed by atoms with van der Waals surface area (Å²) in [6.45, 7) is 4.88. The highest BCUT2D eigenvalue weighted by Gasteiger charge is 2.31. The molecule has 0 bridgehead atoms. The van der Waals surface area contributed by atoms with Crippen molar-refractivity contribution in [1.29, 1.82) is 0 Å². The molecule has 0 aliphatic heterocycles. The van der Waals surface area contributed by atoms with Gasteiger partial charge in [-0.2, -0.15) is 0 Å². The second kappa shape index (κ2) is 13.1. The molecule has 0 aromatic heterocycles. The van der Waals surface area contributed by atoms with Crippen LogP contribution in [-0.2, 0) is 29.0 Å². The minimum absolute atomic E-state index is 0.00220. The first kappa shape index (κ1) is 27.3. The van der Waals surface area contributed by atoms with Gasteiger partial charge in [0, 0.05) is 34.0 Å². The van der Waals surface area contributed by atoms with Crippen LogP contribution in [0, 0.1) is 5.92 Å². The van der Waals surface area contributed by atoms with Gasteiger partial charge in [0.25, 0.3) is 0 Å². The smallest absolute Gasteiger partial charge is 0.243 e. The Kier molecular flexibility index (Phi) is 10.2. The molecule has 0 spiro atoms. The number of halogens is 3. The van der Waals surface area contributed by atoms with E-state index >= 15 is 0 Å². The Bertz CT molecular complexity index is 1120. The van der Waals surface area contributed by atoms with Crippen LogP contribution < -0.4 is 5.32 Å². The van der Waals surface area contributed by atoms with Gasteiger partial charge in [-0.15, -0.1) is 0 Å². The predicted octanol–water partition coefficient (Wildman–Crippen LogP) is 6.71. The molecular weight excluding hydrogens is 547 g/mol. The molecule has 1 N–H and O–H groups in total. The highest BCUT2D eigenvalue weighted by Crippen LogP contribution is 2.26. The summed E-state index contributed by atoms with van der Waals surface area (Å²) in [6.07, 6.45) is 0.390. The SMILES string of the molecule is CC(C)CNC(=O)[C@@H](Cc1ccccc1)N(Cc1ccc(Br)cc1)C(=O)Cc1c(Cl)cccc1Cl. The van der Waals surface area contributed by atoms with Gasteiger partial charge in [-0.1, -0.05) is 102 Å². The van der Waals surface area contributed by atoms with Gasteiger partial charge >= 0.3 is 0 Å². The van der Waals surface area contributed by atoms with E-state index in [2.05, 4.69) is 21.2 Å². The highest BCUT2D eigenvalue weighted by atomic mass is 79.9. The third-order valence-corrected chi connectivity index (χ3v) is 6.85. The van der Waals surface area contributed by atoms with E-state index in [9.17, 15) is 9.59 Å². The van der Waals surface area contributed by atoms with Crippen LogP contribution in [0.4, 0.5) is 0 Å². The van der Waals surface area contributed by atoms with Gasteiger partial charge in [0.1, 0.15) is 6.04 Å². The molecule has 2 amide bonds. The minimum atomic E-state index is -0.700. The van der Waals surface area contributed by atoms with Crippen LogP contribution in [0.3, 0.4) is 0 Å². The van der Waals surface area contributed by atoms with Crippen molar-refractivity contribution in [1.82, 2.24) is 10.2 Å². The van der Waals surface area contributed by atoms with Gasteiger partial charge < -0.3 is 10.2 Å². The number of carbonyl (C=O) groups excluding carboxylic acids is 2. The molecule has 1 atom stereocenters. The zero-order chi connectivity index (χ0) is 25.4. The first-order valence-corrected chi connectivity index (χ1v) is 13.1. The summed E-state index contributed by atoms with van der Waals surface area (Å²) < 4.78 is 0.942. The summed E-state index contributed by atoms with van der Waals surface area (Å²) in [5.41, 5.74) is 2.45. The summed E-state index contributed by atoms with van der Waals surface area (Å²) in [7, 11) is 0. The summed E-state index contributed by atoms with van der Waals surface area (Å²) in [5.74, 6) is -0.115. The summed E-state index contributed by atoms with van der Waals surface area (Å²) in [5, 5.41) is 3.88. The minimum Gasteiger partial charge on any atom is -0.354 e. The molecule has 184 valence electrons. The Labute approximate surface area is 225 Å². The van der Waals surface area contributed by atoms with E-state index in [4.69, 9.17) is 23.2 Å². The van der Waals surface area contributed by atoms with Crippen LogP contribution in [0.1, 0.15) is 30.5 Å². The number of carbonyl (C=O) groups is 2. The zero-order valence-electron chi connectivity index (χ0n) is 19.8. The molecule has 3 rings (SSSR count). The summed E-state index contributed by atoms with van der Waals surface area (Å²) >= 11 is 16.2. The largest absolute Gasteiger partial charge is 0.354 e. The first-order valence-electron chi connectivity index (χ1n) is 11.5. The number of hydrogen-bond acceptors (Lipinski definition) is 2. The highest BCUT2D eigenvalue weighted by molar-refractivity contribution is 9.10. The lowest BCUT2D eigenvalue weighted by molar-refractivity contribution is -0.140. The topological polar surface area (TPSA) is 49.4 Å². The number of rotatable bonds is 10. The Morgan fingerprint density at radius 3 is 2.11 bits per heavy atom. The average Bonchev–Trinajstić information content (AvgIpc) is 2.84. The fraction of sp³-hybridized carbons (Fsp3) is 0.286. The van der Waals surface area contributed by atoms with Gasteiger partial charge in [-0.05, 0) is 46.9 Å². The molecule has 0 saturated carbocycles. The van der Waals surface area contributed by atoms with E-state index in [1.807, 2.05) is 68.4 Å². The molecule has 4 nitrogen and oxygen atoms in total. The molecule has 0 fully saturated rings. The average molecular weight is 576 g/mol. The van der Waals surface area contributed by atoms with E-state index in [0.717, 1.165) is 15.6 Å². The van der Waals surface area contributed by atoms with Crippen molar-refractivity contribution in [3.05, 3.63) is 104 Å². The van der Waals surface area contributed by atoms with Crippen LogP contribution >= 0.6 is 39.1 Å². The van der Waals surface area contributed by atoms with Crippen molar-refractivity contribution in [2.24, 2.45) is 5.92 Å². The van der Waals surface area contributed by atoms with E-state index in [1.165, 1.54) is 0 Å². The Morgan fingerprint density at radius 1 is 0.886 bits per heavy atom. The second-order valence-electron chi connectivity index (χ2n) is 8.87. The lowest BCUT2D eigenvalue weighted by Crippen LogP contribution is -2.51. The Morgan fingerprint density at radius 2 is 1.51 bits per heavy atom. The van der Waals surface area contributed by atoms with Crippen molar-refractivity contribution in [2.45, 2.75) is 39.3 Å². The fourth-order valence-electron chi connectivity index (χ4n) is 3.72. The molecule has 0 unspecified atom stereocenters. The number of nitrogens with zero attached hydrogens (tertiary/aromatic N) is 1. The first-order chi connectivity index (χ1) is 16.7. The molecule has 0 heterocycles. The molecule has 0 aliphatic carbocycles. The van der Waals surface area contributed by atoms with Crippen LogP contribution in [0.25, 0.3) is 0 Å². The van der Waals surface area contributed by atoms with E-state index in [1.54, 1.807) is 23.1 Å². The Hall–Kier alpha value is -2.34. The number of amides is 2. The number of nitrogens with one attached hydrogen (secondary N) is 1. The molecule has 0 saturated heterocycles. The van der Waals surface area contributed by atoms with Gasteiger partial charge in [0.2, 0.25) is 11.8 Å². The third kappa shape index (κ3) is 8.09. The second-order valence-corrected chi connectivity index (χ2v) is 10.6. The normalized spacial score (nSPS) is 11.8. The molecule has 0 radical (unpaired) electrons. The summed E-state index contributed by atoms with van der Waals surface area (Å²) in [6, 6.07) is 21.9. The number of hydrogen-bond donors (Lipinski definition) is 1. The molecule has 0 aliphatic rings. The van der Waals surface area contributed by atoms with E-state index in [0.29, 0.717) is 28.6 Å². The lowest BCUT2D eigenvalue weighted by Gasteiger charge is -2.32. The predicted molar refractivity (Wildman–Crippen MR) is 147 cm³/mol. The lowest BCUT2D eigenvalue weighted by atomic mass is 10.0. The maximum atomic E-state index is 13.8. The van der Waals surface area contributed by atoms with Crippen molar-refractivity contribution in [3.8, 4) is 0 Å². The zero-order valence-corrected chi connectivity index (χ0v) is 22.9. The molecule has 7 heteroatoms. The summed E-state index contributed by atoms with van der Waals surface area (Å²) in [4.78, 5) is 28.9. The van der Waals surface area contributed by atoms with Gasteiger partial charge in [0.05, 0.1) is 6.42 Å². The molecule has 3 aromatic rings. The molecular formula is C28H29BrCl2N2O2. The monoisotopic (exact) mass is 574 g/mol. The molecule has 3 aromatic carbocycles. The van der Waals surface area contributed by atoms with Crippen LogP contribution in [-0.4, -0.2) is 29.3 Å². The fourth-order valence-corrected chi connectivity index (χ4v) is 4.51. The standard InChI is InChI=1S/C28H29BrCl2N2O2/c1-19(2)17-32-28(35)26(15-20-7-4-3-5-8-20)33(18-21-11-13-22(29)14-12-21)27(34)16-23-24(30)9-6-10-25(23)31/h3-14,19,26H,15-18H2,1-2H3,(H,32,35)/t26-/m1/s1. The van der Waals surface area contributed by atoms with E-state index < -0.39 is 6.04 Å². The maximum absolute atomic E-state index is 13.8. The van der Waals surface area contributed by atoms with Crippen LogP contribution in [0.15, 0.2) is 77.3 Å². The quantitative estimate of drug-likeness (QED) is 0.292. The molecule has 35 heavy (non-hydrogen) atoms. The van der Waals surface area contributed by atoms with Crippen molar-refractivity contribution >= 4 is 50.9 Å². The van der Waals surface area contributed by atoms with Crippen molar-refractivity contribution < 1.29 is 9.59 Å². The van der Waals surface area contributed by atoms with Crippen LogP contribution in [0.5, 0.6) is 0 Å². The third-order valence-electron chi connectivity index (χ3n) is 5.61. The van der Waals surface area contributed by atoms with Gasteiger partial charge in [-0.25, -0.2) is 0 Å².